The molecule has 0 radical (unpaired) electrons. The van der Waals surface area contributed by atoms with Gasteiger partial charge in [-0.2, -0.15) is 0 Å². The van der Waals surface area contributed by atoms with Crippen molar-refractivity contribution in [2.24, 2.45) is 0 Å². The summed E-state index contributed by atoms with van der Waals surface area (Å²) in [6.07, 6.45) is 7.03. The molecule has 0 aromatic heterocycles. The normalized spacial score (nSPS) is 13.2. The molecule has 0 amide bonds. The van der Waals surface area contributed by atoms with Crippen LogP contribution in [0.3, 0.4) is 0 Å². The van der Waals surface area contributed by atoms with Gasteiger partial charge in [0.15, 0.2) is 0 Å². The minimum Gasteiger partial charge on any atom is -0.545 e. The number of carbonyl (C=O) groups excluding carboxylic acids is 1. The van der Waals surface area contributed by atoms with E-state index in [-0.39, 0.29) is 35.1 Å². The molecule has 1 aliphatic rings. The molecule has 0 saturated heterocycles. The fourth-order valence-corrected chi connectivity index (χ4v) is 1.48. The molecular formula is C12H9NaO2. The topological polar surface area (TPSA) is 40.1 Å². The molecular weight excluding hydrogens is 199 g/mol. The van der Waals surface area contributed by atoms with Crippen LogP contribution in [0.1, 0.15) is 22.3 Å². The molecule has 0 unspecified atom stereocenters. The third-order valence-electron chi connectivity index (χ3n) is 2.26. The first kappa shape index (κ1) is 12.2. The summed E-state index contributed by atoms with van der Waals surface area (Å²) in [6, 6.07) is 6.77. The minimum atomic E-state index is -1.13. The van der Waals surface area contributed by atoms with Gasteiger partial charge in [0, 0.05) is 0 Å². The average molecular weight is 208 g/mol. The van der Waals surface area contributed by atoms with Crippen molar-refractivity contribution in [3.05, 3.63) is 53.6 Å². The molecule has 70 valence electrons. The molecule has 0 N–H and O–H groups in total. The summed E-state index contributed by atoms with van der Waals surface area (Å²) in [7, 11) is 0. The van der Waals surface area contributed by atoms with Crippen LogP contribution in [0.25, 0.3) is 5.57 Å². The Bertz CT molecular complexity index is 416. The minimum absolute atomic E-state index is 0. The van der Waals surface area contributed by atoms with Gasteiger partial charge in [-0.3, -0.25) is 0 Å². The summed E-state index contributed by atoms with van der Waals surface area (Å²) in [5, 5.41) is 10.5. The summed E-state index contributed by atoms with van der Waals surface area (Å²) in [6.45, 7) is 0. The molecule has 1 aromatic rings. The smallest absolute Gasteiger partial charge is 0.545 e. The Morgan fingerprint density at radius 3 is 2.33 bits per heavy atom. The molecule has 0 aliphatic heterocycles. The predicted octanol–water partition coefficient (Wildman–Crippen LogP) is -1.60. The maximum atomic E-state index is 10.5. The molecule has 0 fully saturated rings. The largest absolute Gasteiger partial charge is 1.00 e. The Morgan fingerprint density at radius 2 is 1.87 bits per heavy atom. The summed E-state index contributed by atoms with van der Waals surface area (Å²) in [5.74, 6) is -1.13. The SMILES string of the molecule is O=C([O-])c1ccc(C2=CC=CC2)cc1.[Na+]. The van der Waals surface area contributed by atoms with E-state index in [1.54, 1.807) is 12.1 Å². The first-order valence-electron chi connectivity index (χ1n) is 4.45. The van der Waals surface area contributed by atoms with Crippen LogP contribution >= 0.6 is 0 Å². The van der Waals surface area contributed by atoms with Crippen molar-refractivity contribution in [1.29, 1.82) is 0 Å². The molecule has 15 heavy (non-hydrogen) atoms. The number of carboxylic acids is 1. The number of aromatic carboxylic acids is 1. The zero-order valence-electron chi connectivity index (χ0n) is 8.57. The Kier molecular flexibility index (Phi) is 4.33. The van der Waals surface area contributed by atoms with E-state index in [0.29, 0.717) is 0 Å². The van der Waals surface area contributed by atoms with E-state index in [1.807, 2.05) is 24.3 Å². The first-order chi connectivity index (χ1) is 6.77. The van der Waals surface area contributed by atoms with Crippen molar-refractivity contribution in [3.8, 4) is 0 Å². The second-order valence-corrected chi connectivity index (χ2v) is 3.19. The van der Waals surface area contributed by atoms with E-state index in [0.717, 1.165) is 12.0 Å². The molecule has 1 aliphatic carbocycles. The van der Waals surface area contributed by atoms with E-state index < -0.39 is 5.97 Å². The quantitative estimate of drug-likeness (QED) is 0.549. The molecule has 1 aromatic carbocycles. The molecule has 3 heteroatoms. The summed E-state index contributed by atoms with van der Waals surface area (Å²) in [5.41, 5.74) is 2.51. The standard InChI is InChI=1S/C12H10O2.Na/c13-12(14)11-7-5-10(6-8-11)9-3-1-2-4-9;/h1-3,5-8H,4H2,(H,13,14);/q;+1/p-1. The number of hydrogen-bond donors (Lipinski definition) is 0. The van der Waals surface area contributed by atoms with Gasteiger partial charge in [0.1, 0.15) is 0 Å². The Balaban J connectivity index is 0.00000112. The Labute approximate surface area is 111 Å². The molecule has 0 atom stereocenters. The average Bonchev–Trinajstić information content (AvgIpc) is 2.71. The van der Waals surface area contributed by atoms with Crippen LogP contribution in [0.5, 0.6) is 0 Å². The Hall–Kier alpha value is -0.830. The summed E-state index contributed by atoms with van der Waals surface area (Å²) in [4.78, 5) is 10.5. The molecule has 0 bridgehead atoms. The first-order valence-corrected chi connectivity index (χ1v) is 4.45. The van der Waals surface area contributed by atoms with Crippen LogP contribution in [0.15, 0.2) is 42.5 Å². The van der Waals surface area contributed by atoms with Crippen molar-refractivity contribution < 1.29 is 39.5 Å². The van der Waals surface area contributed by atoms with Gasteiger partial charge in [0.05, 0.1) is 5.97 Å². The van der Waals surface area contributed by atoms with Crippen LogP contribution in [0.4, 0.5) is 0 Å². The number of rotatable bonds is 2. The van der Waals surface area contributed by atoms with Gasteiger partial charge in [-0.15, -0.1) is 0 Å². The summed E-state index contributed by atoms with van der Waals surface area (Å²) >= 11 is 0. The van der Waals surface area contributed by atoms with Crippen LogP contribution in [-0.2, 0) is 0 Å². The summed E-state index contributed by atoms with van der Waals surface area (Å²) < 4.78 is 0. The van der Waals surface area contributed by atoms with Crippen LogP contribution < -0.4 is 34.7 Å². The van der Waals surface area contributed by atoms with Crippen molar-refractivity contribution in [1.82, 2.24) is 0 Å². The molecule has 2 nitrogen and oxygen atoms in total. The van der Waals surface area contributed by atoms with Crippen molar-refractivity contribution in [2.75, 3.05) is 0 Å². The maximum absolute atomic E-state index is 10.5. The van der Waals surface area contributed by atoms with Crippen molar-refractivity contribution >= 4 is 11.5 Å². The third kappa shape index (κ3) is 2.81. The monoisotopic (exact) mass is 208 g/mol. The van der Waals surface area contributed by atoms with Crippen LogP contribution in [0.2, 0.25) is 0 Å². The number of carbonyl (C=O) groups is 1. The Morgan fingerprint density at radius 1 is 1.20 bits per heavy atom. The van der Waals surface area contributed by atoms with Gasteiger partial charge in [-0.25, -0.2) is 0 Å². The number of benzene rings is 1. The zero-order valence-corrected chi connectivity index (χ0v) is 10.6. The van der Waals surface area contributed by atoms with Gasteiger partial charge in [0.25, 0.3) is 0 Å². The van der Waals surface area contributed by atoms with Crippen LogP contribution in [0, 0.1) is 0 Å². The van der Waals surface area contributed by atoms with E-state index in [4.69, 9.17) is 0 Å². The van der Waals surface area contributed by atoms with Crippen molar-refractivity contribution in [3.63, 3.8) is 0 Å². The van der Waals surface area contributed by atoms with E-state index in [9.17, 15) is 9.90 Å². The van der Waals surface area contributed by atoms with Crippen molar-refractivity contribution in [2.45, 2.75) is 6.42 Å². The second kappa shape index (κ2) is 5.31. The second-order valence-electron chi connectivity index (χ2n) is 3.19. The van der Waals surface area contributed by atoms with Crippen LogP contribution in [-0.4, -0.2) is 5.97 Å². The van der Waals surface area contributed by atoms with Gasteiger partial charge >= 0.3 is 29.6 Å². The molecule has 2 rings (SSSR count). The fourth-order valence-electron chi connectivity index (χ4n) is 1.48. The maximum Gasteiger partial charge on any atom is 1.00 e. The number of allylic oxidation sites excluding steroid dienone is 4. The predicted molar refractivity (Wildman–Crippen MR) is 52.5 cm³/mol. The molecule has 0 heterocycles. The molecule has 0 spiro atoms. The van der Waals surface area contributed by atoms with E-state index >= 15 is 0 Å². The third-order valence-corrected chi connectivity index (χ3v) is 2.26. The van der Waals surface area contributed by atoms with Gasteiger partial charge < -0.3 is 9.90 Å². The number of hydrogen-bond acceptors (Lipinski definition) is 2. The fraction of sp³-hybridized carbons (Fsp3) is 0.0833. The van der Waals surface area contributed by atoms with Gasteiger partial charge in [-0.05, 0) is 23.1 Å². The number of carboxylic acid groups (broad SMARTS) is 1. The van der Waals surface area contributed by atoms with E-state index in [1.165, 1.54) is 5.57 Å². The van der Waals surface area contributed by atoms with Gasteiger partial charge in [0.2, 0.25) is 0 Å². The van der Waals surface area contributed by atoms with Gasteiger partial charge in [-0.1, -0.05) is 42.5 Å². The van der Waals surface area contributed by atoms with E-state index in [2.05, 4.69) is 6.08 Å². The zero-order chi connectivity index (χ0) is 9.97. The molecule has 0 saturated carbocycles.